The number of fused-ring (bicyclic) bond motifs is 2. The van der Waals surface area contributed by atoms with E-state index in [9.17, 15) is 19.2 Å². The van der Waals surface area contributed by atoms with Crippen molar-refractivity contribution in [1.82, 2.24) is 15.6 Å². The van der Waals surface area contributed by atoms with E-state index in [1.807, 2.05) is 26.8 Å². The second-order valence-electron chi connectivity index (χ2n) is 13.2. The monoisotopic (exact) mass is 605 g/mol. The van der Waals surface area contributed by atoms with E-state index >= 15 is 0 Å². The first-order chi connectivity index (χ1) is 20.9. The summed E-state index contributed by atoms with van der Waals surface area (Å²) < 4.78 is 5.37. The maximum Gasteiger partial charge on any atom is 0.407 e. The van der Waals surface area contributed by atoms with Crippen molar-refractivity contribution in [3.63, 3.8) is 0 Å². The van der Waals surface area contributed by atoms with Crippen molar-refractivity contribution in [3.05, 3.63) is 53.2 Å². The molecule has 7 N–H and O–H groups in total. The third-order valence-electron chi connectivity index (χ3n) is 8.72. The molecule has 3 aliphatic rings. The number of hydrogen-bond donors (Lipinski definition) is 5. The standard InChI is InChI=1S/C32H43N7O5/c1-32(2,3)44-31(43)38-21-8-6-20(7-9-21)36-26-14-18(4-12-25(26)29(34)41)30(42)37-22-15-23-10-11-24(16-22)39(23)27-13-5-19(17-35-27)28(33)40/h4-5,12-14,17,20-24,36H,6-11,15-16H2,1-3H3,(H2,33,40)(H2,34,41)(H,37,42)(H,38,43)/t20?,21?,23-,24-/m1/s1. The molecular formula is C32H43N7O5. The summed E-state index contributed by atoms with van der Waals surface area (Å²) in [5, 5.41) is 9.58. The van der Waals surface area contributed by atoms with Gasteiger partial charge in [-0.25, -0.2) is 9.78 Å². The van der Waals surface area contributed by atoms with Gasteiger partial charge >= 0.3 is 6.09 Å². The minimum Gasteiger partial charge on any atom is -0.444 e. The number of primary amides is 2. The molecule has 1 saturated carbocycles. The molecule has 0 spiro atoms. The smallest absolute Gasteiger partial charge is 0.407 e. The van der Waals surface area contributed by atoms with E-state index in [2.05, 4.69) is 25.8 Å². The molecule has 12 nitrogen and oxygen atoms in total. The van der Waals surface area contributed by atoms with Gasteiger partial charge in [0.2, 0.25) is 5.91 Å². The summed E-state index contributed by atoms with van der Waals surface area (Å²) in [6.07, 6.45) is 7.74. The Morgan fingerprint density at radius 2 is 1.45 bits per heavy atom. The number of nitrogens with two attached hydrogens (primary N) is 2. The van der Waals surface area contributed by atoms with Crippen molar-refractivity contribution in [2.24, 2.45) is 11.5 Å². The Kier molecular flexibility index (Phi) is 8.98. The Balaban J connectivity index is 1.18. The molecular weight excluding hydrogens is 562 g/mol. The number of nitrogens with zero attached hydrogens (tertiary/aromatic N) is 2. The fourth-order valence-electron chi connectivity index (χ4n) is 6.72. The number of ether oxygens (including phenoxy) is 1. The van der Waals surface area contributed by atoms with Crippen LogP contribution in [0.25, 0.3) is 0 Å². The van der Waals surface area contributed by atoms with Gasteiger partial charge in [0.25, 0.3) is 11.8 Å². The van der Waals surface area contributed by atoms with Gasteiger partial charge in [-0.05, 0) is 102 Å². The Morgan fingerprint density at radius 3 is 2.02 bits per heavy atom. The lowest BCUT2D eigenvalue weighted by Crippen LogP contribution is -2.50. The highest BCUT2D eigenvalue weighted by Crippen LogP contribution is 2.38. The Hall–Kier alpha value is -4.35. The Morgan fingerprint density at radius 1 is 0.818 bits per heavy atom. The van der Waals surface area contributed by atoms with Crippen LogP contribution >= 0.6 is 0 Å². The predicted molar refractivity (Wildman–Crippen MR) is 167 cm³/mol. The van der Waals surface area contributed by atoms with Crippen LogP contribution in [0.5, 0.6) is 0 Å². The fourth-order valence-corrected chi connectivity index (χ4v) is 6.72. The van der Waals surface area contributed by atoms with Crippen LogP contribution in [0.1, 0.15) is 103 Å². The van der Waals surface area contributed by atoms with Crippen LogP contribution in [-0.4, -0.2) is 64.6 Å². The van der Waals surface area contributed by atoms with Crippen molar-refractivity contribution in [2.45, 2.75) is 108 Å². The number of nitrogens with one attached hydrogen (secondary N) is 3. The predicted octanol–water partition coefficient (Wildman–Crippen LogP) is 3.46. The maximum absolute atomic E-state index is 13.4. The number of pyridine rings is 1. The molecule has 2 atom stereocenters. The summed E-state index contributed by atoms with van der Waals surface area (Å²) in [6.45, 7) is 5.49. The first-order valence-electron chi connectivity index (χ1n) is 15.4. The van der Waals surface area contributed by atoms with Crippen molar-refractivity contribution in [3.8, 4) is 0 Å². The molecule has 1 aromatic carbocycles. The summed E-state index contributed by atoms with van der Waals surface area (Å²) in [6, 6.07) is 9.03. The highest BCUT2D eigenvalue weighted by Gasteiger charge is 2.42. The van der Waals surface area contributed by atoms with Gasteiger partial charge in [0, 0.05) is 47.7 Å². The van der Waals surface area contributed by atoms with Crippen LogP contribution in [0.2, 0.25) is 0 Å². The van der Waals surface area contributed by atoms with E-state index in [-0.39, 0.29) is 36.1 Å². The average Bonchev–Trinajstić information content (AvgIpc) is 3.22. The topological polar surface area (TPSA) is 182 Å². The van der Waals surface area contributed by atoms with E-state index in [1.165, 1.54) is 6.20 Å². The molecule has 2 aromatic rings. The van der Waals surface area contributed by atoms with Crippen LogP contribution in [0, 0.1) is 0 Å². The van der Waals surface area contributed by atoms with Crippen LogP contribution in [0.3, 0.4) is 0 Å². The third kappa shape index (κ3) is 7.40. The molecule has 2 aliphatic heterocycles. The summed E-state index contributed by atoms with van der Waals surface area (Å²) in [5.74, 6) is -0.451. The highest BCUT2D eigenvalue weighted by atomic mass is 16.6. The highest BCUT2D eigenvalue weighted by molar-refractivity contribution is 6.02. The molecule has 1 aromatic heterocycles. The van der Waals surface area contributed by atoms with Gasteiger partial charge in [-0.3, -0.25) is 14.4 Å². The van der Waals surface area contributed by atoms with E-state index in [4.69, 9.17) is 16.2 Å². The van der Waals surface area contributed by atoms with Gasteiger partial charge < -0.3 is 37.1 Å². The van der Waals surface area contributed by atoms with Gasteiger partial charge in [-0.1, -0.05) is 0 Å². The molecule has 2 bridgehead atoms. The van der Waals surface area contributed by atoms with Crippen LogP contribution in [-0.2, 0) is 4.74 Å². The number of alkyl carbamates (subject to hydrolysis) is 1. The number of amides is 4. The number of benzene rings is 1. The van der Waals surface area contributed by atoms with Crippen LogP contribution < -0.4 is 32.3 Å². The number of carbonyl (C=O) groups excluding carboxylic acids is 4. The molecule has 44 heavy (non-hydrogen) atoms. The summed E-state index contributed by atoms with van der Waals surface area (Å²) >= 11 is 0. The second-order valence-corrected chi connectivity index (χ2v) is 13.2. The number of aromatic nitrogens is 1. The normalized spacial score (nSPS) is 24.7. The largest absolute Gasteiger partial charge is 0.444 e. The zero-order valence-electron chi connectivity index (χ0n) is 25.6. The number of rotatable bonds is 8. The molecule has 4 amide bonds. The Bertz CT molecular complexity index is 1380. The lowest BCUT2D eigenvalue weighted by molar-refractivity contribution is 0.0491. The fraction of sp³-hybridized carbons (Fsp3) is 0.531. The zero-order valence-corrected chi connectivity index (χ0v) is 25.6. The van der Waals surface area contributed by atoms with Gasteiger partial charge in [0.15, 0.2) is 0 Å². The molecule has 3 heterocycles. The van der Waals surface area contributed by atoms with E-state index in [0.717, 1.165) is 57.2 Å². The molecule has 3 fully saturated rings. The van der Waals surface area contributed by atoms with Crippen molar-refractivity contribution in [1.29, 1.82) is 0 Å². The summed E-state index contributed by atoms with van der Waals surface area (Å²) in [5.41, 5.74) is 12.2. The molecule has 5 rings (SSSR count). The van der Waals surface area contributed by atoms with E-state index < -0.39 is 23.5 Å². The van der Waals surface area contributed by atoms with Gasteiger partial charge in [0.05, 0.1) is 11.1 Å². The Labute approximate surface area is 257 Å². The number of hydrogen-bond acceptors (Lipinski definition) is 8. The van der Waals surface area contributed by atoms with Crippen molar-refractivity contribution < 1.29 is 23.9 Å². The SMILES string of the molecule is CC(C)(C)OC(=O)NC1CCC(Nc2cc(C(=O)NC3C[C@H]4CC[C@H](C3)N4c3ccc(C(N)=O)cn3)ccc2C(N)=O)CC1. The van der Waals surface area contributed by atoms with Gasteiger partial charge in [-0.2, -0.15) is 0 Å². The quantitative estimate of drug-likeness (QED) is 0.303. The second kappa shape index (κ2) is 12.7. The van der Waals surface area contributed by atoms with Crippen molar-refractivity contribution in [2.75, 3.05) is 10.2 Å². The zero-order chi connectivity index (χ0) is 31.6. The lowest BCUT2D eigenvalue weighted by atomic mass is 9.90. The lowest BCUT2D eigenvalue weighted by Gasteiger charge is -2.40. The van der Waals surface area contributed by atoms with Crippen LogP contribution in [0.15, 0.2) is 36.5 Å². The number of anilines is 2. The average molecular weight is 606 g/mol. The van der Waals surface area contributed by atoms with Gasteiger partial charge in [-0.15, -0.1) is 0 Å². The van der Waals surface area contributed by atoms with E-state index in [0.29, 0.717) is 22.4 Å². The molecule has 1 aliphatic carbocycles. The number of carbonyl (C=O) groups is 4. The minimum absolute atomic E-state index is 0.00104. The van der Waals surface area contributed by atoms with Gasteiger partial charge in [0.1, 0.15) is 11.4 Å². The molecule has 2 saturated heterocycles. The first-order valence-corrected chi connectivity index (χ1v) is 15.4. The summed E-state index contributed by atoms with van der Waals surface area (Å²) in [4.78, 5) is 56.0. The molecule has 0 unspecified atom stereocenters. The van der Waals surface area contributed by atoms with Crippen molar-refractivity contribution >= 4 is 35.3 Å². The first kappa shape index (κ1) is 31.1. The molecule has 12 heteroatoms. The maximum atomic E-state index is 13.4. The minimum atomic E-state index is -0.568. The molecule has 0 radical (unpaired) electrons. The molecule has 236 valence electrons. The number of piperidine rings is 1. The van der Waals surface area contributed by atoms with E-state index in [1.54, 1.807) is 24.3 Å². The third-order valence-corrected chi connectivity index (χ3v) is 8.72. The summed E-state index contributed by atoms with van der Waals surface area (Å²) in [7, 11) is 0. The van der Waals surface area contributed by atoms with Crippen LogP contribution in [0.4, 0.5) is 16.3 Å².